The van der Waals surface area contributed by atoms with Crippen LogP contribution in [0.25, 0.3) is 0 Å². The molecule has 142 valence electrons. The van der Waals surface area contributed by atoms with Crippen LogP contribution in [0.15, 0.2) is 29.2 Å². The van der Waals surface area contributed by atoms with Crippen molar-refractivity contribution in [3.05, 3.63) is 29.8 Å². The summed E-state index contributed by atoms with van der Waals surface area (Å²) in [6.07, 6.45) is 5.57. The fraction of sp³-hybridized carbons (Fsp3) is 0.526. The molecule has 1 aliphatic rings. The Kier molecular flexibility index (Phi) is 7.50. The number of thioether (sulfide) groups is 1. The summed E-state index contributed by atoms with van der Waals surface area (Å²) in [4.78, 5) is 36.9. The highest BCUT2D eigenvalue weighted by Gasteiger charge is 2.27. The largest absolute Gasteiger partial charge is 0.481 e. The van der Waals surface area contributed by atoms with E-state index in [1.807, 2.05) is 30.5 Å². The molecule has 0 saturated heterocycles. The SMILES string of the molecule is CSc1ccc(C(CC(=O)O)NC(=O)C(C)NC(=O)C2CCCC2)cc1. The van der Waals surface area contributed by atoms with E-state index in [4.69, 9.17) is 5.11 Å². The van der Waals surface area contributed by atoms with Crippen LogP contribution in [0.3, 0.4) is 0 Å². The summed E-state index contributed by atoms with van der Waals surface area (Å²) in [7, 11) is 0. The van der Waals surface area contributed by atoms with Gasteiger partial charge in [-0.3, -0.25) is 14.4 Å². The molecule has 1 saturated carbocycles. The smallest absolute Gasteiger partial charge is 0.305 e. The number of benzene rings is 1. The molecule has 6 nitrogen and oxygen atoms in total. The summed E-state index contributed by atoms with van der Waals surface area (Å²) in [6.45, 7) is 1.62. The summed E-state index contributed by atoms with van der Waals surface area (Å²) in [6, 6.07) is 6.09. The molecule has 1 fully saturated rings. The third kappa shape index (κ3) is 5.76. The minimum atomic E-state index is -0.994. The van der Waals surface area contributed by atoms with E-state index in [1.54, 1.807) is 18.7 Å². The third-order valence-electron chi connectivity index (χ3n) is 4.69. The number of carbonyl (C=O) groups excluding carboxylic acids is 2. The Morgan fingerprint density at radius 1 is 1.15 bits per heavy atom. The van der Waals surface area contributed by atoms with Gasteiger partial charge in [0, 0.05) is 10.8 Å². The molecule has 0 aliphatic heterocycles. The number of carbonyl (C=O) groups is 3. The summed E-state index contributed by atoms with van der Waals surface area (Å²) >= 11 is 1.59. The van der Waals surface area contributed by atoms with E-state index < -0.39 is 18.1 Å². The van der Waals surface area contributed by atoms with Gasteiger partial charge < -0.3 is 15.7 Å². The fourth-order valence-electron chi connectivity index (χ4n) is 3.14. The fourth-order valence-corrected chi connectivity index (χ4v) is 3.55. The number of aliphatic carboxylic acids is 1. The highest BCUT2D eigenvalue weighted by atomic mass is 32.2. The van der Waals surface area contributed by atoms with Crippen LogP contribution in [0.4, 0.5) is 0 Å². The summed E-state index contributed by atoms with van der Waals surface area (Å²) in [5.41, 5.74) is 0.730. The zero-order valence-electron chi connectivity index (χ0n) is 15.2. The topological polar surface area (TPSA) is 95.5 Å². The molecule has 3 N–H and O–H groups in total. The van der Waals surface area contributed by atoms with Gasteiger partial charge in [0.05, 0.1) is 12.5 Å². The van der Waals surface area contributed by atoms with E-state index in [1.165, 1.54) is 0 Å². The average Bonchev–Trinajstić information content (AvgIpc) is 3.15. The zero-order valence-corrected chi connectivity index (χ0v) is 16.0. The maximum atomic E-state index is 12.5. The molecule has 2 atom stereocenters. The van der Waals surface area contributed by atoms with Crippen LogP contribution in [0.5, 0.6) is 0 Å². The molecule has 0 spiro atoms. The molecule has 1 aromatic carbocycles. The lowest BCUT2D eigenvalue weighted by molar-refractivity contribution is -0.138. The Bertz CT molecular complexity index is 641. The predicted molar refractivity (Wildman–Crippen MR) is 101 cm³/mol. The maximum Gasteiger partial charge on any atom is 0.305 e. The molecule has 2 rings (SSSR count). The molecule has 2 unspecified atom stereocenters. The van der Waals surface area contributed by atoms with Crippen LogP contribution >= 0.6 is 11.8 Å². The van der Waals surface area contributed by atoms with Crippen LogP contribution in [0.2, 0.25) is 0 Å². The second kappa shape index (κ2) is 9.62. The minimum Gasteiger partial charge on any atom is -0.481 e. The van der Waals surface area contributed by atoms with Crippen molar-refractivity contribution in [3.63, 3.8) is 0 Å². The Morgan fingerprint density at radius 3 is 2.31 bits per heavy atom. The first-order chi connectivity index (χ1) is 12.4. The standard InChI is InChI=1S/C19H26N2O4S/c1-12(20-19(25)14-5-3-4-6-14)18(24)21-16(11-17(22)23)13-7-9-15(26-2)10-8-13/h7-10,12,14,16H,3-6,11H2,1-2H3,(H,20,25)(H,21,24)(H,22,23). The van der Waals surface area contributed by atoms with Crippen molar-refractivity contribution in [3.8, 4) is 0 Å². The van der Waals surface area contributed by atoms with Gasteiger partial charge in [0.2, 0.25) is 11.8 Å². The highest BCUT2D eigenvalue weighted by molar-refractivity contribution is 7.98. The van der Waals surface area contributed by atoms with Crippen molar-refractivity contribution in [2.75, 3.05) is 6.26 Å². The van der Waals surface area contributed by atoms with Gasteiger partial charge in [-0.05, 0) is 43.7 Å². The number of amides is 2. The Labute approximate surface area is 158 Å². The van der Waals surface area contributed by atoms with Crippen molar-refractivity contribution in [1.29, 1.82) is 0 Å². The lowest BCUT2D eigenvalue weighted by Crippen LogP contribution is -2.47. The van der Waals surface area contributed by atoms with Gasteiger partial charge in [-0.15, -0.1) is 11.8 Å². The first-order valence-electron chi connectivity index (χ1n) is 8.87. The first kappa shape index (κ1) is 20.3. The quantitative estimate of drug-likeness (QED) is 0.605. The lowest BCUT2D eigenvalue weighted by Gasteiger charge is -2.22. The number of hydrogen-bond donors (Lipinski definition) is 3. The summed E-state index contributed by atoms with van der Waals surface area (Å²) in [5.74, 6) is -1.48. The van der Waals surface area contributed by atoms with Crippen LogP contribution in [0, 0.1) is 5.92 Å². The van der Waals surface area contributed by atoms with E-state index in [0.717, 1.165) is 36.1 Å². The zero-order chi connectivity index (χ0) is 19.1. The van der Waals surface area contributed by atoms with Crippen molar-refractivity contribution < 1.29 is 19.5 Å². The molecule has 0 bridgehead atoms. The number of hydrogen-bond acceptors (Lipinski definition) is 4. The van der Waals surface area contributed by atoms with E-state index in [0.29, 0.717) is 0 Å². The van der Waals surface area contributed by atoms with Gasteiger partial charge in [0.1, 0.15) is 6.04 Å². The van der Waals surface area contributed by atoms with E-state index in [9.17, 15) is 14.4 Å². The van der Waals surface area contributed by atoms with Crippen molar-refractivity contribution >= 4 is 29.5 Å². The van der Waals surface area contributed by atoms with Crippen molar-refractivity contribution in [2.45, 2.75) is 56.0 Å². The number of carboxylic acid groups (broad SMARTS) is 1. The number of nitrogens with one attached hydrogen (secondary N) is 2. The molecule has 0 aromatic heterocycles. The monoisotopic (exact) mass is 378 g/mol. The minimum absolute atomic E-state index is 0.0147. The van der Waals surface area contributed by atoms with Gasteiger partial charge in [0.25, 0.3) is 0 Å². The number of rotatable bonds is 8. The first-order valence-corrected chi connectivity index (χ1v) is 10.1. The molecule has 0 radical (unpaired) electrons. The second-order valence-electron chi connectivity index (χ2n) is 6.64. The Morgan fingerprint density at radius 2 is 1.77 bits per heavy atom. The van der Waals surface area contributed by atoms with E-state index in [-0.39, 0.29) is 24.2 Å². The molecule has 1 aromatic rings. The van der Waals surface area contributed by atoms with Gasteiger partial charge in [-0.1, -0.05) is 25.0 Å². The third-order valence-corrected chi connectivity index (χ3v) is 5.43. The molecule has 0 heterocycles. The van der Waals surface area contributed by atoms with Crippen molar-refractivity contribution in [2.24, 2.45) is 5.92 Å². The van der Waals surface area contributed by atoms with E-state index in [2.05, 4.69) is 10.6 Å². The molecular weight excluding hydrogens is 352 g/mol. The predicted octanol–water partition coefficient (Wildman–Crippen LogP) is 2.74. The van der Waals surface area contributed by atoms with Crippen LogP contribution in [-0.2, 0) is 14.4 Å². The van der Waals surface area contributed by atoms with Gasteiger partial charge >= 0.3 is 5.97 Å². The second-order valence-corrected chi connectivity index (χ2v) is 7.52. The lowest BCUT2D eigenvalue weighted by atomic mass is 10.0. The Balaban J connectivity index is 2.00. The van der Waals surface area contributed by atoms with E-state index >= 15 is 0 Å². The molecular formula is C19H26N2O4S. The van der Waals surface area contributed by atoms with Gasteiger partial charge in [-0.25, -0.2) is 0 Å². The molecule has 7 heteroatoms. The molecule has 26 heavy (non-hydrogen) atoms. The normalized spacial score (nSPS) is 16.7. The Hall–Kier alpha value is -2.02. The van der Waals surface area contributed by atoms with Crippen LogP contribution in [-0.4, -0.2) is 35.2 Å². The number of carboxylic acids is 1. The average molecular weight is 378 g/mol. The maximum absolute atomic E-state index is 12.5. The molecule has 2 amide bonds. The summed E-state index contributed by atoms with van der Waals surface area (Å²) in [5, 5.41) is 14.7. The van der Waals surface area contributed by atoms with Gasteiger partial charge in [-0.2, -0.15) is 0 Å². The van der Waals surface area contributed by atoms with Crippen LogP contribution < -0.4 is 10.6 Å². The van der Waals surface area contributed by atoms with Crippen LogP contribution in [0.1, 0.15) is 50.6 Å². The van der Waals surface area contributed by atoms with Gasteiger partial charge in [0.15, 0.2) is 0 Å². The molecule has 1 aliphatic carbocycles. The summed E-state index contributed by atoms with van der Waals surface area (Å²) < 4.78 is 0. The van der Waals surface area contributed by atoms with Crippen molar-refractivity contribution in [1.82, 2.24) is 10.6 Å². The highest BCUT2D eigenvalue weighted by Crippen LogP contribution is 2.25.